The van der Waals surface area contributed by atoms with Gasteiger partial charge < -0.3 is 14.7 Å². The fourth-order valence-corrected chi connectivity index (χ4v) is 2.22. The van der Waals surface area contributed by atoms with Gasteiger partial charge >= 0.3 is 5.97 Å². The van der Waals surface area contributed by atoms with Crippen LogP contribution in [-0.4, -0.2) is 41.6 Å². The Labute approximate surface area is 122 Å². The van der Waals surface area contributed by atoms with E-state index >= 15 is 0 Å². The van der Waals surface area contributed by atoms with Crippen LogP contribution in [0.2, 0.25) is 5.02 Å². The first kappa shape index (κ1) is 14.7. The second-order valence-electron chi connectivity index (χ2n) is 4.90. The van der Waals surface area contributed by atoms with Crippen molar-refractivity contribution in [3.05, 3.63) is 29.3 Å². The maximum absolute atomic E-state index is 11.9. The molecule has 2 rings (SSSR count). The number of carbonyl (C=O) groups excluding carboxylic acids is 1. The topological polar surface area (TPSA) is 66.8 Å². The van der Waals surface area contributed by atoms with E-state index in [-0.39, 0.29) is 18.4 Å². The SMILES string of the molecule is CC(C(=O)O)C1CN(C(=O)COc2ccccc2Cl)C1. The molecule has 1 aliphatic rings. The summed E-state index contributed by atoms with van der Waals surface area (Å²) in [6.07, 6.45) is 0. The van der Waals surface area contributed by atoms with Crippen LogP contribution in [-0.2, 0) is 9.59 Å². The zero-order chi connectivity index (χ0) is 14.7. The van der Waals surface area contributed by atoms with E-state index < -0.39 is 11.9 Å². The van der Waals surface area contributed by atoms with Crippen molar-refractivity contribution in [3.8, 4) is 5.75 Å². The average Bonchev–Trinajstić information content (AvgIpc) is 2.35. The lowest BCUT2D eigenvalue weighted by molar-refractivity contribution is -0.151. The molecule has 1 saturated heterocycles. The third-order valence-electron chi connectivity index (χ3n) is 3.55. The second-order valence-corrected chi connectivity index (χ2v) is 5.31. The summed E-state index contributed by atoms with van der Waals surface area (Å²) in [5.74, 6) is -0.910. The van der Waals surface area contributed by atoms with Crippen LogP contribution in [0, 0.1) is 11.8 Å². The molecule has 1 aromatic rings. The standard InChI is InChI=1S/C14H16ClNO4/c1-9(14(18)19)10-6-16(7-10)13(17)8-20-12-5-3-2-4-11(12)15/h2-5,9-10H,6-8H2,1H3,(H,18,19). The molecule has 1 aromatic carbocycles. The number of carboxylic acids is 1. The molecule has 1 unspecified atom stereocenters. The molecule has 108 valence electrons. The van der Waals surface area contributed by atoms with Gasteiger partial charge in [-0.25, -0.2) is 0 Å². The van der Waals surface area contributed by atoms with Crippen LogP contribution >= 0.6 is 11.6 Å². The highest BCUT2D eigenvalue weighted by Gasteiger charge is 2.37. The van der Waals surface area contributed by atoms with E-state index in [1.54, 1.807) is 36.1 Å². The third kappa shape index (κ3) is 3.22. The normalized spacial score (nSPS) is 16.4. The van der Waals surface area contributed by atoms with Gasteiger partial charge in [0, 0.05) is 19.0 Å². The number of carboxylic acid groups (broad SMARTS) is 1. The highest BCUT2D eigenvalue weighted by atomic mass is 35.5. The molecule has 1 heterocycles. The zero-order valence-corrected chi connectivity index (χ0v) is 11.8. The lowest BCUT2D eigenvalue weighted by atomic mass is 9.87. The summed E-state index contributed by atoms with van der Waals surface area (Å²) in [5, 5.41) is 9.34. The van der Waals surface area contributed by atoms with Crippen molar-refractivity contribution < 1.29 is 19.4 Å². The van der Waals surface area contributed by atoms with Gasteiger partial charge in [-0.3, -0.25) is 9.59 Å². The molecule has 0 saturated carbocycles. The van der Waals surface area contributed by atoms with Crippen LogP contribution in [0.25, 0.3) is 0 Å². The zero-order valence-electron chi connectivity index (χ0n) is 11.1. The quantitative estimate of drug-likeness (QED) is 0.901. The highest BCUT2D eigenvalue weighted by Crippen LogP contribution is 2.25. The van der Waals surface area contributed by atoms with Gasteiger partial charge in [-0.2, -0.15) is 0 Å². The molecule has 1 aliphatic heterocycles. The first-order valence-corrected chi connectivity index (χ1v) is 6.74. The Morgan fingerprint density at radius 1 is 1.45 bits per heavy atom. The summed E-state index contributed by atoms with van der Waals surface area (Å²) in [6, 6.07) is 6.95. The average molecular weight is 298 g/mol. The van der Waals surface area contributed by atoms with Crippen LogP contribution in [0.5, 0.6) is 5.75 Å². The van der Waals surface area contributed by atoms with Crippen molar-refractivity contribution in [2.24, 2.45) is 11.8 Å². The monoisotopic (exact) mass is 297 g/mol. The fraction of sp³-hybridized carbons (Fsp3) is 0.429. The van der Waals surface area contributed by atoms with Gasteiger partial charge in [0.15, 0.2) is 6.61 Å². The summed E-state index contributed by atoms with van der Waals surface area (Å²) in [7, 11) is 0. The number of ether oxygens (including phenoxy) is 1. The van der Waals surface area contributed by atoms with Crippen molar-refractivity contribution in [2.45, 2.75) is 6.92 Å². The maximum Gasteiger partial charge on any atom is 0.306 e. The number of carbonyl (C=O) groups is 2. The minimum absolute atomic E-state index is 0.0248. The molecule has 6 heteroatoms. The number of para-hydroxylation sites is 1. The van der Waals surface area contributed by atoms with E-state index in [4.69, 9.17) is 21.4 Å². The van der Waals surface area contributed by atoms with Crippen LogP contribution in [0.4, 0.5) is 0 Å². The molecular weight excluding hydrogens is 282 g/mol. The molecule has 1 fully saturated rings. The number of nitrogens with zero attached hydrogens (tertiary/aromatic N) is 1. The summed E-state index contributed by atoms with van der Waals surface area (Å²) < 4.78 is 5.36. The smallest absolute Gasteiger partial charge is 0.306 e. The number of halogens is 1. The van der Waals surface area contributed by atoms with E-state index in [1.165, 1.54) is 0 Å². The van der Waals surface area contributed by atoms with Gasteiger partial charge in [0.2, 0.25) is 0 Å². The summed E-state index contributed by atoms with van der Waals surface area (Å²) in [5.41, 5.74) is 0. The molecule has 0 radical (unpaired) electrons. The lowest BCUT2D eigenvalue weighted by Gasteiger charge is -2.41. The van der Waals surface area contributed by atoms with Crippen molar-refractivity contribution in [1.82, 2.24) is 4.90 Å². The Kier molecular flexibility index (Phi) is 4.49. The number of benzene rings is 1. The number of rotatable bonds is 5. The minimum Gasteiger partial charge on any atom is -0.482 e. The predicted octanol–water partition coefficient (Wildman–Crippen LogP) is 1.90. The molecule has 5 nitrogen and oxygen atoms in total. The van der Waals surface area contributed by atoms with Gasteiger partial charge in [0.25, 0.3) is 5.91 Å². The second kappa shape index (κ2) is 6.13. The Bertz CT molecular complexity index is 514. The molecule has 1 atom stereocenters. The molecular formula is C14H16ClNO4. The third-order valence-corrected chi connectivity index (χ3v) is 3.86. The number of aliphatic carboxylic acids is 1. The predicted molar refractivity (Wildman–Crippen MR) is 73.8 cm³/mol. The molecule has 0 aliphatic carbocycles. The van der Waals surface area contributed by atoms with Crippen molar-refractivity contribution in [3.63, 3.8) is 0 Å². The van der Waals surface area contributed by atoms with Crippen molar-refractivity contribution in [1.29, 1.82) is 0 Å². The number of hydrogen-bond donors (Lipinski definition) is 1. The molecule has 20 heavy (non-hydrogen) atoms. The Morgan fingerprint density at radius 2 is 2.10 bits per heavy atom. The van der Waals surface area contributed by atoms with Crippen LogP contribution in [0.3, 0.4) is 0 Å². The van der Waals surface area contributed by atoms with E-state index in [0.29, 0.717) is 23.9 Å². The van der Waals surface area contributed by atoms with Gasteiger partial charge in [-0.1, -0.05) is 30.7 Å². The van der Waals surface area contributed by atoms with E-state index in [9.17, 15) is 9.59 Å². The highest BCUT2D eigenvalue weighted by molar-refractivity contribution is 6.32. The minimum atomic E-state index is -0.825. The molecule has 0 spiro atoms. The van der Waals surface area contributed by atoms with Crippen LogP contribution in [0.1, 0.15) is 6.92 Å². The van der Waals surface area contributed by atoms with Gasteiger partial charge in [-0.05, 0) is 12.1 Å². The number of amides is 1. The Balaban J connectivity index is 1.78. The largest absolute Gasteiger partial charge is 0.482 e. The summed E-state index contributed by atoms with van der Waals surface area (Å²) in [6.45, 7) is 2.52. The van der Waals surface area contributed by atoms with Crippen molar-refractivity contribution >= 4 is 23.5 Å². The maximum atomic E-state index is 11.9. The van der Waals surface area contributed by atoms with Crippen molar-refractivity contribution in [2.75, 3.05) is 19.7 Å². The molecule has 0 bridgehead atoms. The van der Waals surface area contributed by atoms with E-state index in [0.717, 1.165) is 0 Å². The number of likely N-dealkylation sites (tertiary alicyclic amines) is 1. The van der Waals surface area contributed by atoms with Gasteiger partial charge in [-0.15, -0.1) is 0 Å². The van der Waals surface area contributed by atoms with Crippen LogP contribution in [0.15, 0.2) is 24.3 Å². The van der Waals surface area contributed by atoms with E-state index in [2.05, 4.69) is 0 Å². The van der Waals surface area contributed by atoms with Gasteiger partial charge in [0.05, 0.1) is 10.9 Å². The number of hydrogen-bond acceptors (Lipinski definition) is 3. The summed E-state index contributed by atoms with van der Waals surface area (Å²) >= 11 is 5.92. The Hall–Kier alpha value is -1.75. The van der Waals surface area contributed by atoms with E-state index in [1.807, 2.05) is 0 Å². The summed E-state index contributed by atoms with van der Waals surface area (Å²) in [4.78, 5) is 24.3. The lowest BCUT2D eigenvalue weighted by Crippen LogP contribution is -2.54. The Morgan fingerprint density at radius 3 is 2.70 bits per heavy atom. The first-order valence-electron chi connectivity index (χ1n) is 6.37. The fourth-order valence-electron chi connectivity index (χ4n) is 2.03. The van der Waals surface area contributed by atoms with Crippen LogP contribution < -0.4 is 4.74 Å². The molecule has 1 amide bonds. The molecule has 1 N–H and O–H groups in total. The van der Waals surface area contributed by atoms with Gasteiger partial charge in [0.1, 0.15) is 5.75 Å². The molecule has 0 aromatic heterocycles. The first-order chi connectivity index (χ1) is 9.49.